The van der Waals surface area contributed by atoms with E-state index in [0.717, 1.165) is 5.76 Å². The van der Waals surface area contributed by atoms with Crippen LogP contribution in [-0.2, 0) is 10.3 Å². The molecule has 0 aliphatic rings. The summed E-state index contributed by atoms with van der Waals surface area (Å²) in [6.45, 7) is 5.45. The van der Waals surface area contributed by atoms with Crippen molar-refractivity contribution in [2.24, 2.45) is 4.99 Å². The summed E-state index contributed by atoms with van der Waals surface area (Å²) in [4.78, 5) is 13.7. The van der Waals surface area contributed by atoms with Crippen molar-refractivity contribution in [2.75, 3.05) is 0 Å². The average molecular weight is 165 g/mol. The normalized spacial score (nSPS) is 10.9. The van der Waals surface area contributed by atoms with Crippen molar-refractivity contribution in [1.29, 1.82) is 0 Å². The zero-order valence-electron chi connectivity index (χ0n) is 7.42. The second-order valence-corrected chi connectivity index (χ2v) is 3.17. The first-order chi connectivity index (χ1) is 5.56. The summed E-state index contributed by atoms with van der Waals surface area (Å²) >= 11 is 0. The Kier molecular flexibility index (Phi) is 2.15. The first-order valence-corrected chi connectivity index (χ1v) is 3.72. The van der Waals surface area contributed by atoms with Crippen molar-refractivity contribution < 1.29 is 9.21 Å². The number of aliphatic imine (C=N–C) groups is 1. The Bertz CT molecular complexity index is 319. The van der Waals surface area contributed by atoms with Gasteiger partial charge >= 0.3 is 0 Å². The standard InChI is InChI=1S/C9H11NO2/c1-7-4-5-8(12-7)9(2,3)10-6-11/h4-5H,1-3H3. The molecule has 64 valence electrons. The van der Waals surface area contributed by atoms with Crippen molar-refractivity contribution in [2.45, 2.75) is 26.3 Å². The molecule has 0 aromatic carbocycles. The molecule has 12 heavy (non-hydrogen) atoms. The highest BCUT2D eigenvalue weighted by molar-refractivity contribution is 5.35. The van der Waals surface area contributed by atoms with E-state index >= 15 is 0 Å². The zero-order valence-corrected chi connectivity index (χ0v) is 7.42. The fourth-order valence-electron chi connectivity index (χ4n) is 0.933. The number of rotatable bonds is 2. The van der Waals surface area contributed by atoms with Gasteiger partial charge in [0.1, 0.15) is 17.1 Å². The second kappa shape index (κ2) is 2.95. The predicted octanol–water partition coefficient (Wildman–Crippen LogP) is 2.16. The molecular formula is C9H11NO2. The van der Waals surface area contributed by atoms with Gasteiger partial charge in [0, 0.05) is 0 Å². The maximum atomic E-state index is 10.1. The number of furan rings is 1. The van der Waals surface area contributed by atoms with Crippen LogP contribution >= 0.6 is 0 Å². The third-order valence-electron chi connectivity index (χ3n) is 1.67. The summed E-state index contributed by atoms with van der Waals surface area (Å²) in [5.41, 5.74) is -0.601. The third kappa shape index (κ3) is 1.63. The van der Waals surface area contributed by atoms with Crippen LogP contribution in [-0.4, -0.2) is 6.08 Å². The van der Waals surface area contributed by atoms with Crippen molar-refractivity contribution in [3.63, 3.8) is 0 Å². The molecule has 1 aromatic rings. The van der Waals surface area contributed by atoms with Gasteiger partial charge in [-0.15, -0.1) is 0 Å². The topological polar surface area (TPSA) is 42.6 Å². The van der Waals surface area contributed by atoms with Crippen LogP contribution in [0.5, 0.6) is 0 Å². The van der Waals surface area contributed by atoms with Crippen LogP contribution < -0.4 is 0 Å². The molecule has 0 fully saturated rings. The van der Waals surface area contributed by atoms with E-state index in [4.69, 9.17) is 4.42 Å². The summed E-state index contributed by atoms with van der Waals surface area (Å²) in [5.74, 6) is 1.50. The van der Waals surface area contributed by atoms with Gasteiger partial charge in [0.15, 0.2) is 0 Å². The van der Waals surface area contributed by atoms with E-state index in [1.54, 1.807) is 13.8 Å². The van der Waals surface area contributed by atoms with Gasteiger partial charge in [-0.1, -0.05) is 0 Å². The minimum absolute atomic E-state index is 0.601. The highest BCUT2D eigenvalue weighted by atomic mass is 16.3. The molecule has 0 aliphatic carbocycles. The van der Waals surface area contributed by atoms with E-state index in [-0.39, 0.29) is 0 Å². The molecule has 0 unspecified atom stereocenters. The molecule has 0 atom stereocenters. The van der Waals surface area contributed by atoms with Crippen LogP contribution in [0.2, 0.25) is 0 Å². The molecule has 1 rings (SSSR count). The monoisotopic (exact) mass is 165 g/mol. The lowest BCUT2D eigenvalue weighted by Crippen LogP contribution is -2.11. The van der Waals surface area contributed by atoms with Crippen LogP contribution in [0.3, 0.4) is 0 Å². The van der Waals surface area contributed by atoms with Crippen LogP contribution in [0.4, 0.5) is 0 Å². The molecule has 0 amide bonds. The molecule has 0 saturated heterocycles. The van der Waals surface area contributed by atoms with Gasteiger partial charge in [-0.3, -0.25) is 0 Å². The molecule has 3 heteroatoms. The summed E-state index contributed by atoms with van der Waals surface area (Å²) in [6.07, 6.45) is 1.53. The van der Waals surface area contributed by atoms with Gasteiger partial charge in [-0.25, -0.2) is 4.79 Å². The molecule has 0 radical (unpaired) electrons. The summed E-state index contributed by atoms with van der Waals surface area (Å²) < 4.78 is 5.33. The Morgan fingerprint density at radius 3 is 2.58 bits per heavy atom. The fourth-order valence-corrected chi connectivity index (χ4v) is 0.933. The minimum Gasteiger partial charge on any atom is -0.464 e. The Morgan fingerprint density at radius 1 is 1.50 bits per heavy atom. The molecular weight excluding hydrogens is 154 g/mol. The van der Waals surface area contributed by atoms with E-state index in [1.807, 2.05) is 19.1 Å². The van der Waals surface area contributed by atoms with E-state index in [2.05, 4.69) is 4.99 Å². The number of hydrogen-bond acceptors (Lipinski definition) is 3. The van der Waals surface area contributed by atoms with Crippen molar-refractivity contribution >= 4 is 6.08 Å². The number of carbonyl (C=O) groups excluding carboxylic acids is 1. The number of aryl methyl sites for hydroxylation is 1. The maximum absolute atomic E-state index is 10.1. The zero-order chi connectivity index (χ0) is 9.19. The Balaban J connectivity index is 3.04. The van der Waals surface area contributed by atoms with Gasteiger partial charge in [0.25, 0.3) is 0 Å². The van der Waals surface area contributed by atoms with Crippen LogP contribution in [0.15, 0.2) is 21.5 Å². The average Bonchev–Trinajstić information content (AvgIpc) is 2.36. The van der Waals surface area contributed by atoms with E-state index in [1.165, 1.54) is 6.08 Å². The predicted molar refractivity (Wildman–Crippen MR) is 44.6 cm³/mol. The van der Waals surface area contributed by atoms with Crippen molar-refractivity contribution in [1.82, 2.24) is 0 Å². The fraction of sp³-hybridized carbons (Fsp3) is 0.444. The van der Waals surface area contributed by atoms with Gasteiger partial charge < -0.3 is 4.42 Å². The van der Waals surface area contributed by atoms with Gasteiger partial charge in [-0.05, 0) is 32.9 Å². The first-order valence-electron chi connectivity index (χ1n) is 3.72. The highest BCUT2D eigenvalue weighted by Crippen LogP contribution is 2.25. The molecule has 3 nitrogen and oxygen atoms in total. The molecule has 0 aliphatic heterocycles. The summed E-state index contributed by atoms with van der Waals surface area (Å²) in [5, 5.41) is 0. The quantitative estimate of drug-likeness (QED) is 0.497. The Labute approximate surface area is 71.1 Å². The lowest BCUT2D eigenvalue weighted by Gasteiger charge is -2.12. The van der Waals surface area contributed by atoms with E-state index in [0.29, 0.717) is 5.76 Å². The van der Waals surface area contributed by atoms with E-state index < -0.39 is 5.54 Å². The molecule has 0 saturated carbocycles. The molecule has 0 N–H and O–H groups in total. The lowest BCUT2D eigenvalue weighted by molar-refractivity contribution is 0.382. The van der Waals surface area contributed by atoms with Gasteiger partial charge in [0.2, 0.25) is 6.08 Å². The van der Waals surface area contributed by atoms with E-state index in [9.17, 15) is 4.79 Å². The number of nitrogens with zero attached hydrogens (tertiary/aromatic N) is 1. The van der Waals surface area contributed by atoms with Crippen LogP contribution in [0.25, 0.3) is 0 Å². The largest absolute Gasteiger partial charge is 0.464 e. The van der Waals surface area contributed by atoms with Crippen LogP contribution in [0, 0.1) is 6.92 Å². The summed E-state index contributed by atoms with van der Waals surface area (Å²) in [7, 11) is 0. The third-order valence-corrected chi connectivity index (χ3v) is 1.67. The van der Waals surface area contributed by atoms with Crippen LogP contribution in [0.1, 0.15) is 25.4 Å². The van der Waals surface area contributed by atoms with Crippen molar-refractivity contribution in [3.8, 4) is 0 Å². The Morgan fingerprint density at radius 2 is 2.17 bits per heavy atom. The molecule has 1 aromatic heterocycles. The summed E-state index contributed by atoms with van der Waals surface area (Å²) in [6, 6.07) is 3.66. The second-order valence-electron chi connectivity index (χ2n) is 3.17. The number of isocyanates is 1. The molecule has 0 spiro atoms. The van der Waals surface area contributed by atoms with Gasteiger partial charge in [-0.2, -0.15) is 4.99 Å². The van der Waals surface area contributed by atoms with Gasteiger partial charge in [0.05, 0.1) is 0 Å². The lowest BCUT2D eigenvalue weighted by atomic mass is 10.0. The van der Waals surface area contributed by atoms with Crippen molar-refractivity contribution in [3.05, 3.63) is 23.7 Å². The Hall–Kier alpha value is -1.34. The highest BCUT2D eigenvalue weighted by Gasteiger charge is 2.22. The smallest absolute Gasteiger partial charge is 0.235 e. The molecule has 1 heterocycles. The first kappa shape index (κ1) is 8.75. The SMILES string of the molecule is Cc1ccc(C(C)(C)N=C=O)o1. The number of hydrogen-bond donors (Lipinski definition) is 0. The molecule has 0 bridgehead atoms. The maximum Gasteiger partial charge on any atom is 0.235 e. The minimum atomic E-state index is -0.601.